The van der Waals surface area contributed by atoms with Crippen molar-refractivity contribution in [1.82, 2.24) is 19.5 Å². The maximum atomic E-state index is 10.3. The normalized spacial score (nSPS) is 35.4. The molecule has 3 N–H and O–H groups in total. The zero-order valence-corrected chi connectivity index (χ0v) is 14.6. The van der Waals surface area contributed by atoms with Gasteiger partial charge in [-0.2, -0.15) is 9.97 Å². The van der Waals surface area contributed by atoms with E-state index in [1.165, 1.54) is 25.6 Å². The first-order valence-electron chi connectivity index (χ1n) is 8.59. The summed E-state index contributed by atoms with van der Waals surface area (Å²) in [7, 11) is 0. The van der Waals surface area contributed by atoms with E-state index in [1.54, 1.807) is 4.57 Å². The number of aliphatic hydroxyl groups is 1. The minimum atomic E-state index is -0.865. The molecule has 3 heterocycles. The van der Waals surface area contributed by atoms with Crippen molar-refractivity contribution in [3.8, 4) is 6.01 Å². The van der Waals surface area contributed by atoms with Crippen molar-refractivity contribution in [2.45, 2.75) is 50.0 Å². The fourth-order valence-electron chi connectivity index (χ4n) is 3.82. The lowest BCUT2D eigenvalue weighted by molar-refractivity contribution is -0.0298. The number of aliphatic hydroxyl groups excluding tert-OH is 1. The largest absolute Gasteiger partial charge is 0.463 e. The Morgan fingerprint density at radius 2 is 2.28 bits per heavy atom. The van der Waals surface area contributed by atoms with E-state index < -0.39 is 17.7 Å². The highest BCUT2D eigenvalue weighted by atomic mass is 35.5. The molecule has 2 aromatic rings. The van der Waals surface area contributed by atoms with Crippen molar-refractivity contribution in [2.24, 2.45) is 11.3 Å². The number of rotatable bonds is 4. The minimum absolute atomic E-state index is 0.234. The third-order valence-electron chi connectivity index (χ3n) is 5.79. The lowest BCUT2D eigenvalue weighted by atomic mass is 10.2. The Kier molecular flexibility index (Phi) is 3.24. The summed E-state index contributed by atoms with van der Waals surface area (Å²) in [6.45, 7) is 2.43. The number of hydrogen-bond donors (Lipinski definition) is 2. The lowest BCUT2D eigenvalue weighted by Gasteiger charge is -2.16. The molecule has 0 aromatic carbocycles. The third kappa shape index (κ3) is 2.38. The van der Waals surface area contributed by atoms with Crippen molar-refractivity contribution in [1.29, 1.82) is 0 Å². The molecule has 134 valence electrons. The van der Waals surface area contributed by atoms with Crippen LogP contribution < -0.4 is 10.5 Å². The smallest absolute Gasteiger partial charge is 0.320 e. The summed E-state index contributed by atoms with van der Waals surface area (Å²) in [6.07, 6.45) is 3.58. The molecule has 5 rings (SSSR count). The van der Waals surface area contributed by atoms with Crippen molar-refractivity contribution < 1.29 is 14.6 Å². The van der Waals surface area contributed by atoms with Gasteiger partial charge in [0.05, 0.1) is 24.4 Å². The van der Waals surface area contributed by atoms with E-state index in [1.807, 2.05) is 6.92 Å². The van der Waals surface area contributed by atoms with Crippen LogP contribution in [0.25, 0.3) is 11.2 Å². The lowest BCUT2D eigenvalue weighted by Crippen LogP contribution is -2.26. The van der Waals surface area contributed by atoms with E-state index in [-0.39, 0.29) is 17.9 Å². The molecule has 2 aromatic heterocycles. The van der Waals surface area contributed by atoms with Crippen molar-refractivity contribution >= 4 is 28.6 Å². The monoisotopic (exact) mass is 365 g/mol. The molecule has 0 radical (unpaired) electrons. The Bertz CT molecular complexity index is 839. The highest BCUT2D eigenvalue weighted by Gasteiger charge is 2.62. The quantitative estimate of drug-likeness (QED) is 0.790. The maximum absolute atomic E-state index is 10.3. The molecule has 1 aliphatic heterocycles. The molecule has 25 heavy (non-hydrogen) atoms. The van der Waals surface area contributed by atoms with Crippen LogP contribution in [0.5, 0.6) is 6.01 Å². The van der Waals surface area contributed by atoms with Crippen LogP contribution in [0.4, 0.5) is 5.82 Å². The molecule has 0 amide bonds. The Balaban J connectivity index is 1.44. The number of halogens is 1. The van der Waals surface area contributed by atoms with E-state index in [2.05, 4.69) is 15.0 Å². The number of nitrogens with two attached hydrogens (primary N) is 1. The van der Waals surface area contributed by atoms with Gasteiger partial charge in [0.2, 0.25) is 0 Å². The van der Waals surface area contributed by atoms with E-state index in [0.717, 1.165) is 0 Å². The van der Waals surface area contributed by atoms with Crippen LogP contribution in [0, 0.1) is 11.3 Å². The molecule has 1 unspecified atom stereocenters. The zero-order chi connectivity index (χ0) is 17.3. The number of fused-ring (bicyclic) bond motifs is 1. The highest BCUT2D eigenvalue weighted by molar-refractivity contribution is 6.21. The molecule has 2 aliphatic carbocycles. The van der Waals surface area contributed by atoms with Gasteiger partial charge in [-0.3, -0.25) is 4.57 Å². The number of hydrogen-bond acceptors (Lipinski definition) is 7. The van der Waals surface area contributed by atoms with Crippen molar-refractivity contribution in [2.75, 3.05) is 12.3 Å². The van der Waals surface area contributed by atoms with Crippen molar-refractivity contribution in [3.63, 3.8) is 0 Å². The number of nitrogen functional groups attached to an aromatic ring is 1. The molecular formula is C16H20ClN5O3. The maximum Gasteiger partial charge on any atom is 0.320 e. The Hall–Kier alpha value is -1.64. The predicted molar refractivity (Wildman–Crippen MR) is 90.2 cm³/mol. The Labute approximate surface area is 149 Å². The summed E-state index contributed by atoms with van der Waals surface area (Å²) in [4.78, 5) is 12.9. The topological polar surface area (TPSA) is 108 Å². The molecule has 1 spiro atoms. The summed E-state index contributed by atoms with van der Waals surface area (Å²) in [6, 6.07) is 0.234. The van der Waals surface area contributed by atoms with Crippen LogP contribution in [0.15, 0.2) is 6.33 Å². The number of anilines is 1. The van der Waals surface area contributed by atoms with Gasteiger partial charge >= 0.3 is 6.01 Å². The van der Waals surface area contributed by atoms with E-state index >= 15 is 0 Å². The standard InChI is InChI=1S/C16H20ClN5O3/c1-7-9(17)11(23)14(25-7)22-6-19-10-12(18)20-15(21-13(10)22)24-5-8-4-16(8)2-3-16/h6-9,11,14,23H,2-5H2,1H3,(H2,18,20,21)/t7-,8?,9+,11-,14-/m1/s1. The van der Waals surface area contributed by atoms with Crippen LogP contribution in [-0.2, 0) is 4.74 Å². The van der Waals surface area contributed by atoms with Gasteiger partial charge in [-0.25, -0.2) is 4.98 Å². The highest BCUT2D eigenvalue weighted by Crippen LogP contribution is 2.70. The van der Waals surface area contributed by atoms with Gasteiger partial charge < -0.3 is 20.3 Å². The fourth-order valence-corrected chi connectivity index (χ4v) is 4.01. The summed E-state index contributed by atoms with van der Waals surface area (Å²) in [5, 5.41) is 9.84. The van der Waals surface area contributed by atoms with Gasteiger partial charge in [-0.15, -0.1) is 11.6 Å². The summed E-state index contributed by atoms with van der Waals surface area (Å²) in [5.74, 6) is 0.856. The molecule has 0 bridgehead atoms. The van der Waals surface area contributed by atoms with E-state index in [9.17, 15) is 5.11 Å². The second kappa shape index (κ2) is 5.18. The SMILES string of the molecule is C[C@H]1O[C@@H](n2cnc3c(N)nc(OCC4CC45CC5)nc32)[C@H](O)[C@H]1Cl. The summed E-state index contributed by atoms with van der Waals surface area (Å²) >= 11 is 6.17. The van der Waals surface area contributed by atoms with Crippen LogP contribution in [-0.4, -0.2) is 48.8 Å². The number of alkyl halides is 1. The Morgan fingerprint density at radius 3 is 2.92 bits per heavy atom. The van der Waals surface area contributed by atoms with Crippen molar-refractivity contribution in [3.05, 3.63) is 6.33 Å². The number of aromatic nitrogens is 4. The summed E-state index contributed by atoms with van der Waals surface area (Å²) in [5.41, 5.74) is 7.50. The van der Waals surface area contributed by atoms with E-state index in [0.29, 0.717) is 29.1 Å². The molecule has 5 atom stereocenters. The first kappa shape index (κ1) is 15.6. The van der Waals surface area contributed by atoms with Gasteiger partial charge in [0.25, 0.3) is 0 Å². The average molecular weight is 366 g/mol. The van der Waals surface area contributed by atoms with E-state index in [4.69, 9.17) is 26.8 Å². The fraction of sp³-hybridized carbons (Fsp3) is 0.688. The van der Waals surface area contributed by atoms with Gasteiger partial charge in [0.1, 0.15) is 6.10 Å². The third-order valence-corrected chi connectivity index (χ3v) is 6.40. The molecule has 9 heteroatoms. The molecular weight excluding hydrogens is 346 g/mol. The summed E-state index contributed by atoms with van der Waals surface area (Å²) < 4.78 is 13.2. The first-order valence-corrected chi connectivity index (χ1v) is 9.03. The molecule has 8 nitrogen and oxygen atoms in total. The van der Waals surface area contributed by atoms with Gasteiger partial charge in [0.15, 0.2) is 23.2 Å². The second-order valence-electron chi connectivity index (χ2n) is 7.46. The molecule has 2 saturated carbocycles. The number of imidazole rings is 1. The number of nitrogens with zero attached hydrogens (tertiary/aromatic N) is 4. The molecule has 1 saturated heterocycles. The molecule has 3 fully saturated rings. The molecule has 3 aliphatic rings. The first-order chi connectivity index (χ1) is 12.0. The zero-order valence-electron chi connectivity index (χ0n) is 13.8. The van der Waals surface area contributed by atoms with Crippen LogP contribution >= 0.6 is 11.6 Å². The minimum Gasteiger partial charge on any atom is -0.463 e. The number of ether oxygens (including phenoxy) is 2. The van der Waals surface area contributed by atoms with Gasteiger partial charge in [-0.05, 0) is 37.5 Å². The van der Waals surface area contributed by atoms with Gasteiger partial charge in [-0.1, -0.05) is 0 Å². The van der Waals surface area contributed by atoms with Crippen LogP contribution in [0.2, 0.25) is 0 Å². The Morgan fingerprint density at radius 1 is 1.48 bits per heavy atom. The predicted octanol–water partition coefficient (Wildman–Crippen LogP) is 1.47. The van der Waals surface area contributed by atoms with Crippen LogP contribution in [0.1, 0.15) is 32.4 Å². The van der Waals surface area contributed by atoms with Gasteiger partial charge in [0, 0.05) is 0 Å². The average Bonchev–Trinajstić information content (AvgIpc) is 3.45. The van der Waals surface area contributed by atoms with Crippen LogP contribution in [0.3, 0.4) is 0 Å². The second-order valence-corrected chi connectivity index (χ2v) is 7.96.